The molecule has 14 heteroatoms. The number of unbranched alkanes of at least 4 members (excludes halogenated alkanes) is 8. The fourth-order valence-electron chi connectivity index (χ4n) is 6.16. The monoisotopic (exact) mass is 907 g/mol. The summed E-state index contributed by atoms with van der Waals surface area (Å²) in [7, 11) is -5.15. The Morgan fingerprint density at radius 1 is 0.492 bits per heavy atom. The first-order chi connectivity index (χ1) is 30.4. The van der Waals surface area contributed by atoms with Gasteiger partial charge < -0.3 is 39.9 Å². The highest BCUT2D eigenvalue weighted by molar-refractivity contribution is 7.47. The van der Waals surface area contributed by atoms with E-state index in [1.54, 1.807) is 0 Å². The number of carbonyl (C=O) groups excluding carboxylic acids is 2. The highest BCUT2D eigenvalue weighted by Gasteiger charge is 2.51. The molecule has 1 aliphatic rings. The maximum atomic E-state index is 12.8. The molecule has 0 aromatic heterocycles. The molecule has 0 bridgehead atoms. The second-order valence-corrected chi connectivity index (χ2v) is 16.9. The van der Waals surface area contributed by atoms with Crippen LogP contribution < -0.4 is 0 Å². The van der Waals surface area contributed by atoms with E-state index in [0.29, 0.717) is 19.3 Å². The topological polar surface area (TPSA) is 210 Å². The van der Waals surface area contributed by atoms with E-state index in [-0.39, 0.29) is 12.8 Å². The summed E-state index contributed by atoms with van der Waals surface area (Å²) < 4.78 is 33.4. The molecule has 0 amide bonds. The summed E-state index contributed by atoms with van der Waals surface area (Å²) in [4.78, 5) is 35.6. The van der Waals surface area contributed by atoms with Gasteiger partial charge >= 0.3 is 19.8 Å². The Balaban J connectivity index is 2.56. The van der Waals surface area contributed by atoms with Crippen LogP contribution >= 0.6 is 7.82 Å². The van der Waals surface area contributed by atoms with E-state index in [0.717, 1.165) is 57.8 Å². The van der Waals surface area contributed by atoms with Crippen molar-refractivity contribution in [2.45, 2.75) is 185 Å². The smallest absolute Gasteiger partial charge is 0.462 e. The molecule has 358 valence electrons. The number of esters is 2. The number of hydrogen-bond donors (Lipinski definition) is 6. The first kappa shape index (κ1) is 57.8. The van der Waals surface area contributed by atoms with Gasteiger partial charge in [0.2, 0.25) is 0 Å². The molecule has 1 saturated carbocycles. The first-order valence-electron chi connectivity index (χ1n) is 23.0. The van der Waals surface area contributed by atoms with Crippen LogP contribution in [-0.4, -0.2) is 98.3 Å². The molecule has 1 fully saturated rings. The van der Waals surface area contributed by atoms with Crippen LogP contribution in [0.5, 0.6) is 0 Å². The highest BCUT2D eigenvalue weighted by atomic mass is 31.2. The number of aliphatic hydroxyl groups excluding tert-OH is 5. The third-order valence-electron chi connectivity index (χ3n) is 9.91. The van der Waals surface area contributed by atoms with Crippen LogP contribution in [0.4, 0.5) is 0 Å². The van der Waals surface area contributed by atoms with Gasteiger partial charge in [-0.25, -0.2) is 4.57 Å². The number of rotatable bonds is 36. The van der Waals surface area contributed by atoms with Crippen molar-refractivity contribution in [1.29, 1.82) is 0 Å². The molecule has 0 saturated heterocycles. The lowest BCUT2D eigenvalue weighted by atomic mass is 9.85. The minimum absolute atomic E-state index is 0.0408. The van der Waals surface area contributed by atoms with Crippen LogP contribution in [0.2, 0.25) is 0 Å². The Bertz CT molecular complexity index is 1470. The van der Waals surface area contributed by atoms with Crippen molar-refractivity contribution in [2.75, 3.05) is 13.2 Å². The molecule has 0 spiro atoms. The second kappa shape index (κ2) is 38.1. The van der Waals surface area contributed by atoms with Gasteiger partial charge in [0.15, 0.2) is 6.10 Å². The van der Waals surface area contributed by atoms with Gasteiger partial charge in [0.25, 0.3) is 0 Å². The molecule has 13 nitrogen and oxygen atoms in total. The largest absolute Gasteiger partial charge is 0.472 e. The zero-order valence-corrected chi connectivity index (χ0v) is 38.7. The average Bonchev–Trinajstić information content (AvgIpc) is 3.26. The minimum atomic E-state index is -5.15. The van der Waals surface area contributed by atoms with Gasteiger partial charge in [-0.2, -0.15) is 0 Å². The zero-order chi connectivity index (χ0) is 46.4. The Hall–Kier alpha value is -3.23. The van der Waals surface area contributed by atoms with Crippen molar-refractivity contribution in [1.82, 2.24) is 0 Å². The highest BCUT2D eigenvalue weighted by Crippen LogP contribution is 2.47. The van der Waals surface area contributed by atoms with Gasteiger partial charge in [-0.1, -0.05) is 137 Å². The van der Waals surface area contributed by atoms with Gasteiger partial charge in [-0.15, -0.1) is 0 Å². The first-order valence-corrected chi connectivity index (χ1v) is 24.5. The normalized spacial score (nSPS) is 22.6. The van der Waals surface area contributed by atoms with Gasteiger partial charge in [0.05, 0.1) is 6.61 Å². The SMILES string of the molecule is CCCCC/C=C/C/C=C/C/C=C/C/C=C/C/C=C/CCC(=O)O[C@H](COC(=O)CCCC/C=C/C/C=C/C/C=C/CCCCC)COP(=O)(O)OC1C(O)C(O)C(O)[C@@H](O)C1O. The molecule has 6 unspecified atom stereocenters. The third-order valence-corrected chi connectivity index (χ3v) is 10.9. The lowest BCUT2D eigenvalue weighted by molar-refractivity contribution is -0.220. The predicted molar refractivity (Wildman–Crippen MR) is 248 cm³/mol. The third kappa shape index (κ3) is 30.5. The van der Waals surface area contributed by atoms with E-state index in [9.17, 15) is 44.6 Å². The number of allylic oxidation sites excluding steroid dienone is 16. The molecule has 0 aromatic carbocycles. The summed E-state index contributed by atoms with van der Waals surface area (Å²) in [6.07, 6.45) is 37.6. The quantitative estimate of drug-likeness (QED) is 0.0150. The van der Waals surface area contributed by atoms with Crippen LogP contribution in [0.3, 0.4) is 0 Å². The van der Waals surface area contributed by atoms with Gasteiger partial charge in [-0.05, 0) is 89.9 Å². The van der Waals surface area contributed by atoms with E-state index in [1.807, 2.05) is 18.2 Å². The molecule has 1 rings (SSSR count). The second-order valence-electron chi connectivity index (χ2n) is 15.5. The summed E-state index contributed by atoms with van der Waals surface area (Å²) in [6.45, 7) is 3.13. The molecule has 0 radical (unpaired) electrons. The van der Waals surface area contributed by atoms with Crippen molar-refractivity contribution in [3.05, 3.63) is 97.2 Å². The van der Waals surface area contributed by atoms with E-state index in [4.69, 9.17) is 18.5 Å². The lowest BCUT2D eigenvalue weighted by Gasteiger charge is -2.41. The summed E-state index contributed by atoms with van der Waals surface area (Å²) in [6, 6.07) is 0. The molecule has 6 N–H and O–H groups in total. The van der Waals surface area contributed by atoms with Crippen LogP contribution in [0.1, 0.15) is 142 Å². The number of phosphoric ester groups is 1. The molecular weight excluding hydrogens is 828 g/mol. The number of aliphatic hydroxyl groups is 5. The van der Waals surface area contributed by atoms with Crippen LogP contribution in [0.25, 0.3) is 0 Å². The molecule has 1 aliphatic carbocycles. The van der Waals surface area contributed by atoms with E-state index in [1.165, 1.54) is 38.5 Å². The molecule has 8 atom stereocenters. The Morgan fingerprint density at radius 3 is 1.30 bits per heavy atom. The van der Waals surface area contributed by atoms with Crippen molar-refractivity contribution in [3.8, 4) is 0 Å². The summed E-state index contributed by atoms with van der Waals surface area (Å²) in [5.41, 5.74) is 0. The van der Waals surface area contributed by atoms with E-state index in [2.05, 4.69) is 92.8 Å². The summed E-state index contributed by atoms with van der Waals surface area (Å²) in [5.74, 6) is -1.25. The number of hydrogen-bond acceptors (Lipinski definition) is 12. The van der Waals surface area contributed by atoms with Gasteiger partial charge in [0, 0.05) is 12.8 Å². The zero-order valence-electron chi connectivity index (χ0n) is 37.8. The predicted octanol–water partition coefficient (Wildman–Crippen LogP) is 9.05. The number of carbonyl (C=O) groups is 2. The number of ether oxygens (including phenoxy) is 2. The van der Waals surface area contributed by atoms with Crippen molar-refractivity contribution in [3.63, 3.8) is 0 Å². The van der Waals surface area contributed by atoms with Crippen molar-refractivity contribution >= 4 is 19.8 Å². The van der Waals surface area contributed by atoms with Crippen LogP contribution in [-0.2, 0) is 32.7 Å². The molecule has 0 aliphatic heterocycles. The van der Waals surface area contributed by atoms with Crippen molar-refractivity contribution in [2.24, 2.45) is 0 Å². The lowest BCUT2D eigenvalue weighted by Crippen LogP contribution is -2.64. The van der Waals surface area contributed by atoms with Crippen molar-refractivity contribution < 1.29 is 63.1 Å². The Kier molecular flexibility index (Phi) is 34.9. The Labute approximate surface area is 377 Å². The maximum absolute atomic E-state index is 12.8. The van der Waals surface area contributed by atoms with Crippen LogP contribution in [0, 0.1) is 0 Å². The molecule has 0 aromatic rings. The van der Waals surface area contributed by atoms with E-state index >= 15 is 0 Å². The minimum Gasteiger partial charge on any atom is -0.462 e. The Morgan fingerprint density at radius 2 is 0.873 bits per heavy atom. The molecule has 0 heterocycles. The van der Waals surface area contributed by atoms with Crippen LogP contribution in [0.15, 0.2) is 97.2 Å². The summed E-state index contributed by atoms with van der Waals surface area (Å²) in [5, 5.41) is 50.1. The fraction of sp³-hybridized carbons (Fsp3) is 0.633. The van der Waals surface area contributed by atoms with Gasteiger partial charge in [-0.3, -0.25) is 18.6 Å². The maximum Gasteiger partial charge on any atom is 0.472 e. The molecule has 63 heavy (non-hydrogen) atoms. The summed E-state index contributed by atoms with van der Waals surface area (Å²) >= 11 is 0. The number of phosphoric acid groups is 1. The average molecular weight is 907 g/mol. The fourth-order valence-corrected chi connectivity index (χ4v) is 7.13. The van der Waals surface area contributed by atoms with Gasteiger partial charge in [0.1, 0.15) is 43.2 Å². The van der Waals surface area contributed by atoms with E-state index < -0.39 is 75.7 Å². The molecular formula is C49H79O13P. The standard InChI is InChI=1S/C49H79O13P/c1-3-5-7-9-11-13-15-17-19-20-21-22-24-26-28-30-32-34-36-38-43(51)61-41(40-60-63(57,58)62-49-47(55)45(53)44(52)46(54)48(49)56)39-59-42(50)37-35-33-31-29-27-25-23-18-16-14-12-10-8-6-4-2/h11-14,17-19,21-23,26-29,32,34,41,44-49,52-56H,3-10,15-16,20,24-25,30-31,33,35-40H2,1-2H3,(H,57,58)/b13-11+,14-12+,19-17+,22-21+,23-18+,28-26+,29-27+,34-32+/t41-,44?,45-,46?,47?,48?,49?/m1/s1.